The fourth-order valence-electron chi connectivity index (χ4n) is 1.92. The number of hydrogen-bond acceptors (Lipinski definition) is 5. The lowest BCUT2D eigenvalue weighted by molar-refractivity contribution is 0.108. The standard InChI is InChI=1S/C10H22N4O2/c1-9(10(11)12-16)8-14-4-2-13(3-5-14)6-7-15/h9,15-16H,2-8H2,1H3,(H2,11,12). The smallest absolute Gasteiger partial charge is 0.143 e. The molecule has 0 radical (unpaired) electrons. The summed E-state index contributed by atoms with van der Waals surface area (Å²) in [6.07, 6.45) is 0. The molecule has 16 heavy (non-hydrogen) atoms. The Bertz CT molecular complexity index is 227. The first-order chi connectivity index (χ1) is 7.67. The molecule has 0 aliphatic carbocycles. The molecule has 1 atom stereocenters. The maximum Gasteiger partial charge on any atom is 0.143 e. The third kappa shape index (κ3) is 3.96. The Morgan fingerprint density at radius 1 is 1.31 bits per heavy atom. The van der Waals surface area contributed by atoms with E-state index < -0.39 is 0 Å². The topological polar surface area (TPSA) is 85.3 Å². The summed E-state index contributed by atoms with van der Waals surface area (Å²) in [7, 11) is 0. The molecule has 1 fully saturated rings. The van der Waals surface area contributed by atoms with Gasteiger partial charge in [0.2, 0.25) is 0 Å². The van der Waals surface area contributed by atoms with Crippen molar-refractivity contribution >= 4 is 5.84 Å². The van der Waals surface area contributed by atoms with E-state index >= 15 is 0 Å². The number of aliphatic hydroxyl groups excluding tert-OH is 1. The van der Waals surface area contributed by atoms with Crippen LogP contribution in [0.3, 0.4) is 0 Å². The molecule has 0 aromatic heterocycles. The number of aliphatic hydroxyl groups is 1. The van der Waals surface area contributed by atoms with Crippen LogP contribution in [0.25, 0.3) is 0 Å². The zero-order valence-corrected chi connectivity index (χ0v) is 9.84. The molecule has 1 rings (SSSR count). The molecule has 0 amide bonds. The minimum atomic E-state index is 0.0781. The normalized spacial score (nSPS) is 22.2. The molecule has 0 aromatic carbocycles. The average molecular weight is 230 g/mol. The Labute approximate surface area is 96.3 Å². The number of β-amino-alcohol motifs (C(OH)–C–C–N with tert-alkyl or cyclic N) is 1. The Morgan fingerprint density at radius 3 is 2.38 bits per heavy atom. The molecule has 4 N–H and O–H groups in total. The van der Waals surface area contributed by atoms with Crippen molar-refractivity contribution < 1.29 is 10.3 Å². The van der Waals surface area contributed by atoms with Gasteiger partial charge in [-0.15, -0.1) is 0 Å². The van der Waals surface area contributed by atoms with Gasteiger partial charge in [0.25, 0.3) is 0 Å². The number of rotatable bonds is 5. The lowest BCUT2D eigenvalue weighted by atomic mass is 10.1. The van der Waals surface area contributed by atoms with Crippen LogP contribution in [0.1, 0.15) is 6.92 Å². The van der Waals surface area contributed by atoms with Crippen LogP contribution in [-0.4, -0.2) is 71.8 Å². The summed E-state index contributed by atoms with van der Waals surface area (Å²) in [4.78, 5) is 4.54. The van der Waals surface area contributed by atoms with Gasteiger partial charge in [0.15, 0.2) is 0 Å². The van der Waals surface area contributed by atoms with E-state index in [4.69, 9.17) is 16.0 Å². The highest BCUT2D eigenvalue weighted by atomic mass is 16.4. The fraction of sp³-hybridized carbons (Fsp3) is 0.900. The van der Waals surface area contributed by atoms with Gasteiger partial charge in [0, 0.05) is 45.2 Å². The van der Waals surface area contributed by atoms with Crippen LogP contribution in [0.15, 0.2) is 5.16 Å². The molecule has 1 aliphatic rings. The van der Waals surface area contributed by atoms with Gasteiger partial charge in [-0.1, -0.05) is 12.1 Å². The van der Waals surface area contributed by atoms with Gasteiger partial charge in [-0.2, -0.15) is 0 Å². The zero-order valence-electron chi connectivity index (χ0n) is 9.84. The molecule has 1 unspecified atom stereocenters. The van der Waals surface area contributed by atoms with Gasteiger partial charge in [0.05, 0.1) is 6.61 Å². The van der Waals surface area contributed by atoms with Crippen molar-refractivity contribution in [3.63, 3.8) is 0 Å². The van der Waals surface area contributed by atoms with Crippen LogP contribution < -0.4 is 5.73 Å². The van der Waals surface area contributed by atoms with Crippen molar-refractivity contribution in [2.45, 2.75) is 6.92 Å². The Kier molecular flexibility index (Phi) is 5.51. The number of oxime groups is 1. The first kappa shape index (κ1) is 13.2. The molecule has 0 saturated carbocycles. The fourth-order valence-corrected chi connectivity index (χ4v) is 1.92. The first-order valence-electron chi connectivity index (χ1n) is 5.70. The summed E-state index contributed by atoms with van der Waals surface area (Å²) in [5.74, 6) is 0.368. The van der Waals surface area contributed by atoms with Crippen molar-refractivity contribution in [1.82, 2.24) is 9.80 Å². The largest absolute Gasteiger partial charge is 0.409 e. The van der Waals surface area contributed by atoms with E-state index in [0.29, 0.717) is 0 Å². The predicted octanol–water partition coefficient (Wildman–Crippen LogP) is -1.02. The van der Waals surface area contributed by atoms with Crippen LogP contribution in [0.4, 0.5) is 0 Å². The molecule has 0 bridgehead atoms. The number of piperazine rings is 1. The summed E-state index contributed by atoms with van der Waals surface area (Å²) in [5, 5.41) is 20.4. The van der Waals surface area contributed by atoms with E-state index in [1.165, 1.54) is 0 Å². The molecule has 6 nitrogen and oxygen atoms in total. The average Bonchev–Trinajstić information content (AvgIpc) is 2.31. The molecule has 0 spiro atoms. The van der Waals surface area contributed by atoms with E-state index in [1.807, 2.05) is 6.92 Å². The molecular weight excluding hydrogens is 208 g/mol. The van der Waals surface area contributed by atoms with Crippen molar-refractivity contribution in [1.29, 1.82) is 0 Å². The Morgan fingerprint density at radius 2 is 1.88 bits per heavy atom. The molecular formula is C10H22N4O2. The van der Waals surface area contributed by atoms with Crippen molar-refractivity contribution in [3.8, 4) is 0 Å². The molecule has 1 heterocycles. The van der Waals surface area contributed by atoms with Gasteiger partial charge in [0.1, 0.15) is 5.84 Å². The summed E-state index contributed by atoms with van der Waals surface area (Å²) < 4.78 is 0. The second-order valence-corrected chi connectivity index (χ2v) is 4.29. The summed E-state index contributed by atoms with van der Waals surface area (Å²) in [6, 6.07) is 0. The second kappa shape index (κ2) is 6.67. The van der Waals surface area contributed by atoms with E-state index in [9.17, 15) is 0 Å². The lowest BCUT2D eigenvalue weighted by Gasteiger charge is -2.35. The van der Waals surface area contributed by atoms with Gasteiger partial charge in [-0.3, -0.25) is 4.90 Å². The van der Waals surface area contributed by atoms with Crippen LogP contribution in [0.5, 0.6) is 0 Å². The van der Waals surface area contributed by atoms with E-state index in [-0.39, 0.29) is 18.4 Å². The lowest BCUT2D eigenvalue weighted by Crippen LogP contribution is -2.49. The quantitative estimate of drug-likeness (QED) is 0.244. The monoisotopic (exact) mass is 230 g/mol. The first-order valence-corrected chi connectivity index (χ1v) is 5.70. The van der Waals surface area contributed by atoms with Gasteiger partial charge in [-0.05, 0) is 0 Å². The third-order valence-electron chi connectivity index (χ3n) is 3.03. The van der Waals surface area contributed by atoms with E-state index in [2.05, 4.69) is 15.0 Å². The third-order valence-corrected chi connectivity index (χ3v) is 3.03. The molecule has 94 valence electrons. The summed E-state index contributed by atoms with van der Waals surface area (Å²) in [6.45, 7) is 7.65. The predicted molar refractivity (Wildman–Crippen MR) is 62.5 cm³/mol. The van der Waals surface area contributed by atoms with Crippen molar-refractivity contribution in [3.05, 3.63) is 0 Å². The van der Waals surface area contributed by atoms with Crippen molar-refractivity contribution in [2.24, 2.45) is 16.8 Å². The number of hydrogen-bond donors (Lipinski definition) is 3. The number of nitrogens with two attached hydrogens (primary N) is 1. The minimum Gasteiger partial charge on any atom is -0.409 e. The van der Waals surface area contributed by atoms with Crippen LogP contribution >= 0.6 is 0 Å². The Balaban J connectivity index is 2.26. The minimum absolute atomic E-state index is 0.0781. The Hall–Kier alpha value is -0.850. The van der Waals surface area contributed by atoms with Crippen LogP contribution in [0, 0.1) is 5.92 Å². The molecule has 1 aliphatic heterocycles. The molecule has 6 heteroatoms. The van der Waals surface area contributed by atoms with Gasteiger partial charge < -0.3 is 20.9 Å². The summed E-state index contributed by atoms with van der Waals surface area (Å²) in [5.41, 5.74) is 5.54. The number of amidine groups is 1. The SMILES string of the molecule is CC(CN1CCN(CCO)CC1)/C(N)=N/O. The van der Waals surface area contributed by atoms with Gasteiger partial charge >= 0.3 is 0 Å². The highest BCUT2D eigenvalue weighted by Gasteiger charge is 2.19. The van der Waals surface area contributed by atoms with Crippen molar-refractivity contribution in [2.75, 3.05) is 45.9 Å². The maximum atomic E-state index is 8.82. The van der Waals surface area contributed by atoms with Crippen LogP contribution in [0.2, 0.25) is 0 Å². The highest BCUT2D eigenvalue weighted by Crippen LogP contribution is 2.05. The number of nitrogens with zero attached hydrogens (tertiary/aromatic N) is 3. The summed E-state index contributed by atoms with van der Waals surface area (Å²) >= 11 is 0. The zero-order chi connectivity index (χ0) is 12.0. The molecule has 0 aromatic rings. The van der Waals surface area contributed by atoms with Crippen LogP contribution in [-0.2, 0) is 0 Å². The van der Waals surface area contributed by atoms with Gasteiger partial charge in [-0.25, -0.2) is 0 Å². The van der Waals surface area contributed by atoms with E-state index in [0.717, 1.165) is 39.3 Å². The highest BCUT2D eigenvalue weighted by molar-refractivity contribution is 5.82. The van der Waals surface area contributed by atoms with E-state index in [1.54, 1.807) is 0 Å². The maximum absolute atomic E-state index is 8.82. The second-order valence-electron chi connectivity index (χ2n) is 4.29. The molecule has 1 saturated heterocycles.